The number of carbonyl (C=O) groups excluding carboxylic acids is 1. The van der Waals surface area contributed by atoms with Crippen molar-refractivity contribution in [1.82, 2.24) is 0 Å². The Kier molecular flexibility index (Phi) is 7.47. The van der Waals surface area contributed by atoms with Crippen LogP contribution in [0, 0.1) is 0 Å². The Morgan fingerprint density at radius 1 is 1.22 bits per heavy atom. The second-order valence-electron chi connectivity index (χ2n) is 6.58. The van der Waals surface area contributed by atoms with Crippen LogP contribution < -0.4 is 16.4 Å². The van der Waals surface area contributed by atoms with Gasteiger partial charge in [0.05, 0.1) is 11.6 Å². The van der Waals surface area contributed by atoms with Crippen LogP contribution in [0.3, 0.4) is 0 Å². The molecule has 0 fully saturated rings. The number of hydrogen-bond donors (Lipinski definition) is 3. The topological polar surface area (TPSA) is 92.6 Å². The van der Waals surface area contributed by atoms with Gasteiger partial charge >= 0.3 is 0 Å². The second kappa shape index (κ2) is 9.60. The van der Waals surface area contributed by atoms with Crippen molar-refractivity contribution < 1.29 is 9.90 Å². The van der Waals surface area contributed by atoms with Gasteiger partial charge in [0.25, 0.3) is 5.91 Å². The Balaban J connectivity index is 2.24. The first-order chi connectivity index (χ1) is 12.8. The van der Waals surface area contributed by atoms with Crippen LogP contribution >= 0.6 is 11.8 Å². The van der Waals surface area contributed by atoms with Gasteiger partial charge in [-0.2, -0.15) is 0 Å². The minimum absolute atomic E-state index is 0.116. The van der Waals surface area contributed by atoms with E-state index in [0.717, 1.165) is 17.0 Å². The van der Waals surface area contributed by atoms with Gasteiger partial charge in [-0.25, -0.2) is 0 Å². The van der Waals surface area contributed by atoms with Crippen LogP contribution in [0.25, 0.3) is 0 Å². The van der Waals surface area contributed by atoms with Crippen molar-refractivity contribution in [1.29, 1.82) is 0 Å². The molecule has 2 aromatic carbocycles. The number of carbonyl (C=O) groups is 1. The van der Waals surface area contributed by atoms with Gasteiger partial charge in [-0.15, -0.1) is 11.8 Å². The molecule has 0 bridgehead atoms. The maximum absolute atomic E-state index is 13.1. The first-order valence-corrected chi connectivity index (χ1v) is 9.78. The van der Waals surface area contributed by atoms with Crippen LogP contribution in [0.5, 0.6) is 0 Å². The number of nitrogens with zero attached hydrogens (tertiary/aromatic N) is 1. The molecule has 0 aliphatic heterocycles. The summed E-state index contributed by atoms with van der Waals surface area (Å²) >= 11 is 1.47. The fraction of sp³-hybridized carbons (Fsp3) is 0.286. The monoisotopic (exact) mass is 385 g/mol. The van der Waals surface area contributed by atoms with Gasteiger partial charge in [0, 0.05) is 29.1 Å². The summed E-state index contributed by atoms with van der Waals surface area (Å²) in [6, 6.07) is 16.7. The highest BCUT2D eigenvalue weighted by atomic mass is 32.2. The molecule has 0 aliphatic rings. The van der Waals surface area contributed by atoms with E-state index in [0.29, 0.717) is 17.0 Å². The van der Waals surface area contributed by atoms with Crippen LogP contribution in [-0.4, -0.2) is 29.9 Å². The molecule has 6 heteroatoms. The molecule has 0 heterocycles. The van der Waals surface area contributed by atoms with Crippen LogP contribution in [0.15, 0.2) is 66.2 Å². The molecule has 1 unspecified atom stereocenters. The molecule has 1 amide bonds. The third-order valence-electron chi connectivity index (χ3n) is 4.31. The number of hydrogen-bond acceptors (Lipinski definition) is 5. The van der Waals surface area contributed by atoms with E-state index in [1.165, 1.54) is 11.8 Å². The lowest BCUT2D eigenvalue weighted by Crippen LogP contribution is -2.36. The molecule has 0 saturated heterocycles. The molecule has 5 N–H and O–H groups in total. The minimum atomic E-state index is -0.590. The quantitative estimate of drug-likeness (QED) is 0.617. The molecule has 0 saturated carbocycles. The Labute approximate surface area is 165 Å². The third-order valence-corrected chi connectivity index (χ3v) is 5.09. The summed E-state index contributed by atoms with van der Waals surface area (Å²) in [4.78, 5) is 14.6. The molecule has 0 spiro atoms. The molecular formula is C21H27N3O2S. The smallest absolute Gasteiger partial charge is 0.258 e. The van der Waals surface area contributed by atoms with Crippen molar-refractivity contribution in [3.05, 3.63) is 77.3 Å². The first kappa shape index (κ1) is 21.0. The largest absolute Gasteiger partial charge is 0.395 e. The lowest BCUT2D eigenvalue weighted by Gasteiger charge is -2.27. The average Bonchev–Trinajstić information content (AvgIpc) is 2.66. The van der Waals surface area contributed by atoms with Gasteiger partial charge < -0.3 is 21.5 Å². The predicted octanol–water partition coefficient (Wildman–Crippen LogP) is 3.05. The van der Waals surface area contributed by atoms with E-state index in [-0.39, 0.29) is 19.1 Å². The van der Waals surface area contributed by atoms with Gasteiger partial charge in [-0.3, -0.25) is 4.79 Å². The molecule has 0 aliphatic carbocycles. The van der Waals surface area contributed by atoms with E-state index in [1.54, 1.807) is 11.0 Å². The summed E-state index contributed by atoms with van der Waals surface area (Å²) in [5, 5.41) is 9.95. The Morgan fingerprint density at radius 2 is 1.93 bits per heavy atom. The summed E-state index contributed by atoms with van der Waals surface area (Å²) in [5.74, 6) is 0.582. The van der Waals surface area contributed by atoms with Crippen LogP contribution in [0.4, 0.5) is 5.69 Å². The lowest BCUT2D eigenvalue weighted by molar-refractivity contribution is 0.0981. The molecule has 0 aromatic heterocycles. The van der Waals surface area contributed by atoms with Gasteiger partial charge in [0.2, 0.25) is 0 Å². The summed E-state index contributed by atoms with van der Waals surface area (Å²) in [7, 11) is 0. The SMILES string of the molecule is C=C(N)SCCC(C)(N)c1cccc(C(=O)N(CCO)c2ccccc2)c1. The van der Waals surface area contributed by atoms with Crippen molar-refractivity contribution in [2.24, 2.45) is 11.5 Å². The highest BCUT2D eigenvalue weighted by Crippen LogP contribution is 2.26. The number of rotatable bonds is 9. The molecule has 5 nitrogen and oxygen atoms in total. The zero-order chi connectivity index (χ0) is 19.9. The number of benzene rings is 2. The van der Waals surface area contributed by atoms with Crippen LogP contribution in [0.1, 0.15) is 29.3 Å². The third kappa shape index (κ3) is 5.85. The summed E-state index contributed by atoms with van der Waals surface area (Å²) in [6.07, 6.45) is 0.699. The number of nitrogens with two attached hydrogens (primary N) is 2. The summed E-state index contributed by atoms with van der Waals surface area (Å²) in [6.45, 7) is 5.73. The number of anilines is 1. The highest BCUT2D eigenvalue weighted by molar-refractivity contribution is 8.02. The van der Waals surface area contributed by atoms with E-state index in [9.17, 15) is 9.90 Å². The van der Waals surface area contributed by atoms with Crippen molar-refractivity contribution >= 4 is 23.4 Å². The van der Waals surface area contributed by atoms with Gasteiger partial charge in [-0.05, 0) is 43.2 Å². The van der Waals surface area contributed by atoms with E-state index < -0.39 is 5.54 Å². The normalized spacial score (nSPS) is 13.0. The molecular weight excluding hydrogens is 358 g/mol. The maximum Gasteiger partial charge on any atom is 0.258 e. The lowest BCUT2D eigenvalue weighted by atomic mass is 9.89. The highest BCUT2D eigenvalue weighted by Gasteiger charge is 2.24. The van der Waals surface area contributed by atoms with Crippen LogP contribution in [-0.2, 0) is 5.54 Å². The fourth-order valence-corrected chi connectivity index (χ4v) is 3.55. The average molecular weight is 386 g/mol. The van der Waals surface area contributed by atoms with Gasteiger partial charge in [0.1, 0.15) is 0 Å². The van der Waals surface area contributed by atoms with E-state index >= 15 is 0 Å². The fourth-order valence-electron chi connectivity index (χ4n) is 2.76. The molecule has 2 aromatic rings. The number of aliphatic hydroxyl groups is 1. The minimum Gasteiger partial charge on any atom is -0.395 e. The number of aliphatic hydroxyl groups excluding tert-OH is 1. The van der Waals surface area contributed by atoms with Crippen molar-refractivity contribution in [3.8, 4) is 0 Å². The zero-order valence-electron chi connectivity index (χ0n) is 15.6. The van der Waals surface area contributed by atoms with E-state index in [4.69, 9.17) is 11.5 Å². The van der Waals surface area contributed by atoms with Gasteiger partial charge in [-0.1, -0.05) is 36.9 Å². The van der Waals surface area contributed by atoms with Crippen molar-refractivity contribution in [3.63, 3.8) is 0 Å². The Hall–Kier alpha value is -2.28. The summed E-state index contributed by atoms with van der Waals surface area (Å²) in [5.41, 5.74) is 13.7. The van der Waals surface area contributed by atoms with Crippen LogP contribution in [0.2, 0.25) is 0 Å². The predicted molar refractivity (Wildman–Crippen MR) is 114 cm³/mol. The molecule has 2 rings (SSSR count). The summed E-state index contributed by atoms with van der Waals surface area (Å²) < 4.78 is 0. The van der Waals surface area contributed by atoms with E-state index in [1.807, 2.05) is 55.5 Å². The molecule has 27 heavy (non-hydrogen) atoms. The van der Waals surface area contributed by atoms with Gasteiger partial charge in [0.15, 0.2) is 0 Å². The first-order valence-electron chi connectivity index (χ1n) is 8.79. The molecule has 144 valence electrons. The molecule has 1 atom stereocenters. The number of amides is 1. The second-order valence-corrected chi connectivity index (χ2v) is 7.80. The maximum atomic E-state index is 13.1. The Morgan fingerprint density at radius 3 is 2.56 bits per heavy atom. The number of thioether (sulfide) groups is 1. The Bertz CT molecular complexity index is 778. The molecule has 0 radical (unpaired) electrons. The van der Waals surface area contributed by atoms with Crippen molar-refractivity contribution in [2.75, 3.05) is 23.8 Å². The van der Waals surface area contributed by atoms with E-state index in [2.05, 4.69) is 6.58 Å². The standard InChI is InChI=1S/C21H27N3O2S/c1-16(22)27-14-11-21(2,23)18-8-6-7-17(15-18)20(26)24(12-13-25)19-9-4-3-5-10-19/h3-10,15,25H,1,11-14,22-23H2,2H3. The van der Waals surface area contributed by atoms with Crippen molar-refractivity contribution in [2.45, 2.75) is 18.9 Å². The number of para-hydroxylation sites is 1. The zero-order valence-corrected chi connectivity index (χ0v) is 16.4.